The number of hydrogen-bond donors (Lipinski definition) is 3. The Morgan fingerprint density at radius 1 is 1.15 bits per heavy atom. The fraction of sp³-hybridized carbons (Fsp3) is 0.889. The Balaban J connectivity index is 2.31. The molecule has 3 N–H and O–H groups in total. The van der Waals surface area contributed by atoms with E-state index in [-0.39, 0.29) is 0 Å². The fourth-order valence-corrected chi connectivity index (χ4v) is 2.78. The Labute approximate surface area is 158 Å². The lowest BCUT2D eigenvalue weighted by atomic mass is 10.0. The van der Waals surface area contributed by atoms with Crippen LogP contribution in [-0.4, -0.2) is 81.6 Å². The van der Waals surface area contributed by atoms with E-state index >= 15 is 0 Å². The third-order valence-electron chi connectivity index (χ3n) is 4.07. The summed E-state index contributed by atoms with van der Waals surface area (Å²) >= 11 is 0. The lowest BCUT2D eigenvalue weighted by Crippen LogP contribution is -2.53. The van der Waals surface area contributed by atoms with Crippen molar-refractivity contribution in [2.45, 2.75) is 46.3 Å². The van der Waals surface area contributed by atoms with Gasteiger partial charge < -0.3 is 25.4 Å². The zero-order chi connectivity index (χ0) is 19.6. The first-order valence-corrected chi connectivity index (χ1v) is 9.46. The van der Waals surface area contributed by atoms with Gasteiger partial charge in [0.25, 0.3) is 0 Å². The maximum Gasteiger partial charge on any atom is 0.407 e. The van der Waals surface area contributed by atoms with E-state index in [0.717, 1.165) is 38.8 Å². The van der Waals surface area contributed by atoms with Crippen LogP contribution in [0.15, 0.2) is 4.99 Å². The van der Waals surface area contributed by atoms with Gasteiger partial charge in [0.1, 0.15) is 5.60 Å². The van der Waals surface area contributed by atoms with E-state index in [9.17, 15) is 4.79 Å². The van der Waals surface area contributed by atoms with Gasteiger partial charge >= 0.3 is 6.09 Å². The summed E-state index contributed by atoms with van der Waals surface area (Å²) in [6.45, 7) is 15.4. The minimum Gasteiger partial charge on any atom is -0.444 e. The van der Waals surface area contributed by atoms with Crippen molar-refractivity contribution >= 4 is 12.1 Å². The third-order valence-corrected chi connectivity index (χ3v) is 4.07. The molecule has 8 heteroatoms. The van der Waals surface area contributed by atoms with Crippen LogP contribution in [0.5, 0.6) is 0 Å². The number of guanidine groups is 1. The highest BCUT2D eigenvalue weighted by Crippen LogP contribution is 2.12. The van der Waals surface area contributed by atoms with Crippen LogP contribution in [0.4, 0.5) is 4.79 Å². The predicted molar refractivity (Wildman–Crippen MR) is 105 cm³/mol. The molecule has 0 aromatic carbocycles. The minimum atomic E-state index is -0.486. The molecule has 0 saturated carbocycles. The summed E-state index contributed by atoms with van der Waals surface area (Å²) in [5, 5.41) is 9.32. The van der Waals surface area contributed by atoms with E-state index in [1.165, 1.54) is 0 Å². The molecule has 1 aliphatic heterocycles. The van der Waals surface area contributed by atoms with Gasteiger partial charge in [-0.1, -0.05) is 13.8 Å². The SMILES string of the molecule is CN=C(NCCNC(=O)OC(C)(C)C)NCC(C(C)C)N1CCOCC1. The van der Waals surface area contributed by atoms with Crippen molar-refractivity contribution in [2.24, 2.45) is 10.9 Å². The molecule has 1 heterocycles. The second kappa shape index (κ2) is 11.2. The Kier molecular flexibility index (Phi) is 9.72. The molecule has 1 amide bonds. The molecule has 0 aliphatic carbocycles. The number of hydrogen-bond acceptors (Lipinski definition) is 5. The van der Waals surface area contributed by atoms with Crippen molar-refractivity contribution < 1.29 is 14.3 Å². The molecule has 1 atom stereocenters. The summed E-state index contributed by atoms with van der Waals surface area (Å²) in [5.74, 6) is 1.27. The van der Waals surface area contributed by atoms with Crippen molar-refractivity contribution in [3.05, 3.63) is 0 Å². The number of amides is 1. The van der Waals surface area contributed by atoms with Gasteiger partial charge in [0.15, 0.2) is 5.96 Å². The Morgan fingerprint density at radius 3 is 2.31 bits per heavy atom. The number of aliphatic imine (C=N–C) groups is 1. The monoisotopic (exact) mass is 371 g/mol. The van der Waals surface area contributed by atoms with Crippen LogP contribution >= 0.6 is 0 Å². The van der Waals surface area contributed by atoms with Crippen LogP contribution in [0.25, 0.3) is 0 Å². The van der Waals surface area contributed by atoms with E-state index in [4.69, 9.17) is 9.47 Å². The highest BCUT2D eigenvalue weighted by Gasteiger charge is 2.23. The molecule has 0 aromatic heterocycles. The van der Waals surface area contributed by atoms with Crippen molar-refractivity contribution in [3.8, 4) is 0 Å². The van der Waals surface area contributed by atoms with E-state index in [1.807, 2.05) is 20.8 Å². The van der Waals surface area contributed by atoms with Gasteiger partial charge in [0.2, 0.25) is 0 Å². The second-order valence-electron chi connectivity index (χ2n) is 7.77. The summed E-state index contributed by atoms with van der Waals surface area (Å²) in [7, 11) is 1.75. The van der Waals surface area contributed by atoms with Gasteiger partial charge in [0.05, 0.1) is 13.2 Å². The Hall–Kier alpha value is -1.54. The van der Waals surface area contributed by atoms with E-state index in [1.54, 1.807) is 7.05 Å². The lowest BCUT2D eigenvalue weighted by Gasteiger charge is -2.37. The van der Waals surface area contributed by atoms with Gasteiger partial charge in [-0.15, -0.1) is 0 Å². The molecule has 26 heavy (non-hydrogen) atoms. The van der Waals surface area contributed by atoms with Gasteiger partial charge in [-0.2, -0.15) is 0 Å². The minimum absolute atomic E-state index is 0.408. The van der Waals surface area contributed by atoms with Gasteiger partial charge in [0, 0.05) is 45.8 Å². The first-order valence-electron chi connectivity index (χ1n) is 9.46. The Morgan fingerprint density at radius 2 is 1.77 bits per heavy atom. The topological polar surface area (TPSA) is 87.2 Å². The van der Waals surface area contributed by atoms with E-state index in [0.29, 0.717) is 25.0 Å². The summed E-state index contributed by atoms with van der Waals surface area (Å²) in [5.41, 5.74) is -0.486. The number of nitrogens with zero attached hydrogens (tertiary/aromatic N) is 2. The zero-order valence-corrected chi connectivity index (χ0v) is 17.2. The molecule has 0 spiro atoms. The zero-order valence-electron chi connectivity index (χ0n) is 17.2. The van der Waals surface area contributed by atoms with Crippen LogP contribution in [0.2, 0.25) is 0 Å². The number of ether oxygens (including phenoxy) is 2. The summed E-state index contributed by atoms with van der Waals surface area (Å²) < 4.78 is 10.7. The molecule has 0 bridgehead atoms. The summed E-state index contributed by atoms with van der Waals surface area (Å²) in [4.78, 5) is 18.3. The number of rotatable bonds is 7. The number of alkyl carbamates (subject to hydrolysis) is 1. The first-order chi connectivity index (χ1) is 12.2. The molecule has 1 unspecified atom stereocenters. The standard InChI is InChI=1S/C18H37N5O3/c1-14(2)15(23-9-11-25-12-10-23)13-22-16(19-6)20-7-8-21-17(24)26-18(3,4)5/h14-15H,7-13H2,1-6H3,(H,21,24)(H2,19,20,22). The molecule has 8 nitrogen and oxygen atoms in total. The second-order valence-corrected chi connectivity index (χ2v) is 7.77. The van der Waals surface area contributed by atoms with Gasteiger partial charge in [-0.05, 0) is 26.7 Å². The fourth-order valence-electron chi connectivity index (χ4n) is 2.78. The van der Waals surface area contributed by atoms with Gasteiger partial charge in [-0.25, -0.2) is 4.79 Å². The van der Waals surface area contributed by atoms with Crippen molar-refractivity contribution in [2.75, 3.05) is 53.0 Å². The number of nitrogens with one attached hydrogen (secondary N) is 3. The quantitative estimate of drug-likeness (QED) is 0.352. The van der Waals surface area contributed by atoms with Crippen LogP contribution in [0.1, 0.15) is 34.6 Å². The smallest absolute Gasteiger partial charge is 0.407 e. The van der Waals surface area contributed by atoms with Gasteiger partial charge in [-0.3, -0.25) is 9.89 Å². The van der Waals surface area contributed by atoms with Crippen LogP contribution in [0.3, 0.4) is 0 Å². The van der Waals surface area contributed by atoms with Crippen LogP contribution < -0.4 is 16.0 Å². The average molecular weight is 372 g/mol. The summed E-state index contributed by atoms with van der Waals surface area (Å²) in [6, 6.07) is 0.428. The van der Waals surface area contributed by atoms with Crippen molar-refractivity contribution in [1.82, 2.24) is 20.9 Å². The molecular weight excluding hydrogens is 334 g/mol. The molecule has 152 valence electrons. The number of carbonyl (C=O) groups excluding carboxylic acids is 1. The number of morpholine rings is 1. The third kappa shape index (κ3) is 9.24. The molecule has 1 rings (SSSR count). The normalized spacial score (nSPS) is 17.7. The van der Waals surface area contributed by atoms with E-state index < -0.39 is 11.7 Å². The molecular formula is C18H37N5O3. The Bertz CT molecular complexity index is 443. The molecule has 0 aromatic rings. The maximum atomic E-state index is 11.6. The highest BCUT2D eigenvalue weighted by molar-refractivity contribution is 5.79. The van der Waals surface area contributed by atoms with Crippen LogP contribution in [-0.2, 0) is 9.47 Å². The molecule has 1 fully saturated rings. The first kappa shape index (κ1) is 22.5. The summed E-state index contributed by atoms with van der Waals surface area (Å²) in [6.07, 6.45) is -0.408. The van der Waals surface area contributed by atoms with Crippen molar-refractivity contribution in [1.29, 1.82) is 0 Å². The predicted octanol–water partition coefficient (Wildman–Crippen LogP) is 1.03. The van der Waals surface area contributed by atoms with Crippen LogP contribution in [0, 0.1) is 5.92 Å². The number of carbonyl (C=O) groups is 1. The maximum absolute atomic E-state index is 11.6. The highest BCUT2D eigenvalue weighted by atomic mass is 16.6. The molecule has 1 saturated heterocycles. The largest absolute Gasteiger partial charge is 0.444 e. The lowest BCUT2D eigenvalue weighted by molar-refractivity contribution is 0.00752. The molecule has 1 aliphatic rings. The molecule has 0 radical (unpaired) electrons. The average Bonchev–Trinajstić information content (AvgIpc) is 2.56. The van der Waals surface area contributed by atoms with E-state index in [2.05, 4.69) is 39.7 Å². The van der Waals surface area contributed by atoms with Crippen molar-refractivity contribution in [3.63, 3.8) is 0 Å².